The summed E-state index contributed by atoms with van der Waals surface area (Å²) in [4.78, 5) is 22.1. The molecule has 142 valence electrons. The number of aliphatic hydroxyl groups excluding tert-OH is 1. The molecule has 0 amide bonds. The van der Waals surface area contributed by atoms with Crippen LogP contribution in [0.2, 0.25) is 0 Å². The molecule has 4 fully saturated rings. The predicted octanol–water partition coefficient (Wildman–Crippen LogP) is 3.76. The van der Waals surface area contributed by atoms with Gasteiger partial charge in [0.05, 0.1) is 5.41 Å². The van der Waals surface area contributed by atoms with Crippen molar-refractivity contribution in [1.82, 2.24) is 0 Å². The van der Waals surface area contributed by atoms with Crippen LogP contribution >= 0.6 is 0 Å². The Labute approximate surface area is 150 Å². The molecule has 0 heterocycles. The zero-order valence-corrected chi connectivity index (χ0v) is 15.7. The number of esters is 1. The molecule has 4 aliphatic rings. The van der Waals surface area contributed by atoms with E-state index >= 15 is 0 Å². The van der Waals surface area contributed by atoms with Crippen molar-refractivity contribution in [1.29, 1.82) is 0 Å². The van der Waals surface area contributed by atoms with Crippen molar-refractivity contribution >= 4 is 11.9 Å². The third kappa shape index (κ3) is 3.76. The maximum atomic E-state index is 11.7. The lowest BCUT2D eigenvalue weighted by atomic mass is 9.40. The molecule has 2 N–H and O–H groups in total. The lowest BCUT2D eigenvalue weighted by molar-refractivity contribution is -0.196. The van der Waals surface area contributed by atoms with E-state index in [1.54, 1.807) is 0 Å². The number of carbonyl (C=O) groups is 2. The molecule has 0 aromatic rings. The molecule has 3 unspecified atom stereocenters. The van der Waals surface area contributed by atoms with E-state index in [-0.39, 0.29) is 10.8 Å². The topological polar surface area (TPSA) is 83.8 Å². The van der Waals surface area contributed by atoms with Gasteiger partial charge in [0.1, 0.15) is 0 Å². The Bertz CT molecular complexity index is 510. The van der Waals surface area contributed by atoms with Crippen molar-refractivity contribution in [3.8, 4) is 0 Å². The Morgan fingerprint density at radius 2 is 1.80 bits per heavy atom. The molecule has 4 aliphatic carbocycles. The van der Waals surface area contributed by atoms with Crippen molar-refractivity contribution < 1.29 is 24.5 Å². The van der Waals surface area contributed by atoms with E-state index in [4.69, 9.17) is 5.11 Å². The van der Waals surface area contributed by atoms with Crippen LogP contribution in [0.4, 0.5) is 0 Å². The van der Waals surface area contributed by atoms with E-state index in [0.717, 1.165) is 25.3 Å². The average Bonchev–Trinajstić information content (AvgIpc) is 2.52. The van der Waals surface area contributed by atoms with Crippen molar-refractivity contribution in [3.05, 3.63) is 12.7 Å². The van der Waals surface area contributed by atoms with Gasteiger partial charge in [-0.05, 0) is 55.3 Å². The fourth-order valence-electron chi connectivity index (χ4n) is 5.41. The summed E-state index contributed by atoms with van der Waals surface area (Å²) >= 11 is 0. The summed E-state index contributed by atoms with van der Waals surface area (Å²) in [7, 11) is 0. The number of aliphatic hydroxyl groups is 1. The summed E-state index contributed by atoms with van der Waals surface area (Å²) in [6.07, 6.45) is 7.09. The van der Waals surface area contributed by atoms with Gasteiger partial charge in [0.15, 0.2) is 0 Å². The minimum Gasteiger partial charge on any atom is -0.481 e. The predicted molar refractivity (Wildman–Crippen MR) is 94.6 cm³/mol. The molecule has 0 aromatic carbocycles. The third-order valence-corrected chi connectivity index (χ3v) is 6.79. The molecular weight excluding hydrogens is 320 g/mol. The maximum absolute atomic E-state index is 11.7. The maximum Gasteiger partial charge on any atom is 0.332 e. The average molecular weight is 352 g/mol. The zero-order chi connectivity index (χ0) is 18.8. The highest BCUT2D eigenvalue weighted by molar-refractivity contribution is 5.81. The van der Waals surface area contributed by atoms with Gasteiger partial charge >= 0.3 is 11.9 Å². The molecule has 5 heteroatoms. The Kier molecular flexibility index (Phi) is 5.97. The van der Waals surface area contributed by atoms with Crippen LogP contribution < -0.4 is 0 Å². The van der Waals surface area contributed by atoms with E-state index in [9.17, 15) is 14.7 Å². The van der Waals surface area contributed by atoms with Crippen LogP contribution in [0, 0.1) is 28.6 Å². The smallest absolute Gasteiger partial charge is 0.332 e. The summed E-state index contributed by atoms with van der Waals surface area (Å²) in [6, 6.07) is 0. The van der Waals surface area contributed by atoms with Gasteiger partial charge in [-0.2, -0.15) is 0 Å². The highest BCUT2D eigenvalue weighted by atomic mass is 16.6. The van der Waals surface area contributed by atoms with Crippen molar-refractivity contribution in [2.45, 2.75) is 72.0 Å². The lowest BCUT2D eigenvalue weighted by Gasteiger charge is -2.63. The van der Waals surface area contributed by atoms with E-state index < -0.39 is 18.2 Å². The van der Waals surface area contributed by atoms with Gasteiger partial charge in [0.25, 0.3) is 0 Å². The van der Waals surface area contributed by atoms with Crippen LogP contribution in [-0.2, 0) is 14.3 Å². The SMILES string of the molecule is C=CC(=O)OC(O)CCC.CC1(C)C2CC3CC(C2)CC1(C(=O)O)C3. The van der Waals surface area contributed by atoms with E-state index in [0.29, 0.717) is 24.2 Å². The normalized spacial score (nSPS) is 35.3. The molecule has 4 bridgehead atoms. The van der Waals surface area contributed by atoms with Gasteiger partial charge in [-0.15, -0.1) is 0 Å². The standard InChI is InChI=1S/C13H20O2.C7H12O3/c1-12(2)10-4-8-3-9(5-10)7-13(12,6-8)11(14)15;1-3-5-7(9)10-6(8)4-2/h8-10H,3-7H2,1-2H3,(H,14,15);4,7,9H,2-3,5H2,1H3. The number of carbonyl (C=O) groups excluding carboxylic acids is 1. The first-order valence-corrected chi connectivity index (χ1v) is 9.40. The molecule has 0 radical (unpaired) electrons. The number of hydrogen-bond acceptors (Lipinski definition) is 4. The molecule has 0 aromatic heterocycles. The first kappa shape index (κ1) is 20.0. The van der Waals surface area contributed by atoms with Crippen molar-refractivity contribution in [3.63, 3.8) is 0 Å². The van der Waals surface area contributed by atoms with Crippen LogP contribution in [0.25, 0.3) is 0 Å². The number of carboxylic acids is 1. The second kappa shape index (κ2) is 7.48. The number of carboxylic acid groups (broad SMARTS) is 1. The Morgan fingerprint density at radius 3 is 2.24 bits per heavy atom. The first-order chi connectivity index (χ1) is 11.7. The highest BCUT2D eigenvalue weighted by Gasteiger charge is 2.64. The molecule has 25 heavy (non-hydrogen) atoms. The Morgan fingerprint density at radius 1 is 1.24 bits per heavy atom. The van der Waals surface area contributed by atoms with Crippen LogP contribution in [0.3, 0.4) is 0 Å². The summed E-state index contributed by atoms with van der Waals surface area (Å²) in [6.45, 7) is 9.48. The quantitative estimate of drug-likeness (QED) is 0.447. The summed E-state index contributed by atoms with van der Waals surface area (Å²) in [5.41, 5.74) is -0.367. The Balaban J connectivity index is 0.000000199. The molecule has 3 atom stereocenters. The summed E-state index contributed by atoms with van der Waals surface area (Å²) in [5, 5.41) is 18.5. The number of aliphatic carboxylic acids is 1. The molecule has 0 aliphatic heterocycles. The number of rotatable bonds is 5. The second-order valence-corrected chi connectivity index (χ2v) is 8.54. The minimum absolute atomic E-state index is 0.0201. The minimum atomic E-state index is -0.976. The third-order valence-electron chi connectivity index (χ3n) is 6.79. The van der Waals surface area contributed by atoms with Crippen LogP contribution in [0.5, 0.6) is 0 Å². The summed E-state index contributed by atoms with van der Waals surface area (Å²) < 4.78 is 4.44. The molecule has 0 saturated heterocycles. The largest absolute Gasteiger partial charge is 0.481 e. The van der Waals surface area contributed by atoms with Crippen LogP contribution in [-0.4, -0.2) is 28.4 Å². The van der Waals surface area contributed by atoms with Gasteiger partial charge < -0.3 is 14.9 Å². The fourth-order valence-corrected chi connectivity index (χ4v) is 5.41. The van der Waals surface area contributed by atoms with Gasteiger partial charge in [-0.25, -0.2) is 4.79 Å². The summed E-state index contributed by atoms with van der Waals surface area (Å²) in [5.74, 6) is 0.991. The van der Waals surface area contributed by atoms with E-state index in [2.05, 4.69) is 25.2 Å². The number of hydrogen-bond donors (Lipinski definition) is 2. The van der Waals surface area contributed by atoms with Crippen LogP contribution in [0.1, 0.15) is 65.7 Å². The number of ether oxygens (including phenoxy) is 1. The zero-order valence-electron chi connectivity index (χ0n) is 15.7. The van der Waals surface area contributed by atoms with Gasteiger partial charge in [-0.3, -0.25) is 4.79 Å². The molecule has 0 spiro atoms. The first-order valence-electron chi connectivity index (χ1n) is 9.40. The lowest BCUT2D eigenvalue weighted by Crippen LogP contribution is -2.60. The van der Waals surface area contributed by atoms with Crippen molar-refractivity contribution in [2.75, 3.05) is 0 Å². The molecule has 4 rings (SSSR count). The van der Waals surface area contributed by atoms with Gasteiger partial charge in [0, 0.05) is 12.5 Å². The molecular formula is C20H32O5. The van der Waals surface area contributed by atoms with Crippen LogP contribution in [0.15, 0.2) is 12.7 Å². The Hall–Kier alpha value is -1.36. The van der Waals surface area contributed by atoms with Gasteiger partial charge in [0.2, 0.25) is 6.29 Å². The van der Waals surface area contributed by atoms with Gasteiger partial charge in [-0.1, -0.05) is 33.8 Å². The second-order valence-electron chi connectivity index (χ2n) is 8.54. The molecule has 4 saturated carbocycles. The fraction of sp³-hybridized carbons (Fsp3) is 0.800. The molecule has 5 nitrogen and oxygen atoms in total. The van der Waals surface area contributed by atoms with E-state index in [1.165, 1.54) is 19.3 Å². The monoisotopic (exact) mass is 352 g/mol. The van der Waals surface area contributed by atoms with Crippen molar-refractivity contribution in [2.24, 2.45) is 28.6 Å². The van der Waals surface area contributed by atoms with E-state index in [1.807, 2.05) is 6.92 Å². The highest BCUT2D eigenvalue weighted by Crippen LogP contribution is 2.68.